The molecule has 3 aromatic rings. The Morgan fingerprint density at radius 3 is 2.52 bits per heavy atom. The first-order chi connectivity index (χ1) is 15.7. The molecule has 0 aliphatic rings. The molecule has 0 aliphatic carbocycles. The Labute approximate surface area is 200 Å². The number of amides is 3. The Bertz CT molecular complexity index is 1240. The van der Waals surface area contributed by atoms with Gasteiger partial charge in [-0.15, -0.1) is 0 Å². The summed E-state index contributed by atoms with van der Waals surface area (Å²) in [6.45, 7) is 3.68. The first-order valence-corrected chi connectivity index (χ1v) is 10.8. The zero-order valence-electron chi connectivity index (χ0n) is 17.9. The van der Waals surface area contributed by atoms with Gasteiger partial charge in [0.15, 0.2) is 0 Å². The summed E-state index contributed by atoms with van der Waals surface area (Å²) in [5.41, 5.74) is 7.65. The van der Waals surface area contributed by atoms with Crippen LogP contribution >= 0.6 is 23.2 Å². The SMILES string of the molecule is CCOC(=O)c1[nH]c2cc(Cl)cc(Cl)c2c1/C=C/C(=O)Nc1ccc([C@H](C)NC(N)=O)cc1. The van der Waals surface area contributed by atoms with Gasteiger partial charge in [-0.2, -0.15) is 0 Å². The molecule has 0 unspecified atom stereocenters. The van der Waals surface area contributed by atoms with Crippen LogP contribution in [-0.2, 0) is 9.53 Å². The number of hydrogen-bond donors (Lipinski definition) is 4. The van der Waals surface area contributed by atoms with Crippen LogP contribution in [0.3, 0.4) is 0 Å². The number of nitrogens with one attached hydrogen (secondary N) is 3. The Morgan fingerprint density at radius 1 is 1.18 bits per heavy atom. The third-order valence-electron chi connectivity index (χ3n) is 4.77. The van der Waals surface area contributed by atoms with Gasteiger partial charge in [-0.05, 0) is 49.8 Å². The number of aromatic amines is 1. The van der Waals surface area contributed by atoms with Crippen LogP contribution in [-0.4, -0.2) is 29.5 Å². The molecule has 3 amide bonds. The first kappa shape index (κ1) is 24.2. The predicted molar refractivity (Wildman–Crippen MR) is 130 cm³/mol. The summed E-state index contributed by atoms with van der Waals surface area (Å²) in [5.74, 6) is -0.990. The van der Waals surface area contributed by atoms with E-state index in [9.17, 15) is 14.4 Å². The minimum atomic E-state index is -0.619. The number of urea groups is 1. The second-order valence-corrected chi connectivity index (χ2v) is 7.96. The number of hydrogen-bond acceptors (Lipinski definition) is 4. The molecule has 0 aliphatic heterocycles. The number of benzene rings is 2. The second kappa shape index (κ2) is 10.4. The van der Waals surface area contributed by atoms with Gasteiger partial charge in [0.05, 0.1) is 17.7 Å². The van der Waals surface area contributed by atoms with Gasteiger partial charge in [0.2, 0.25) is 5.91 Å². The van der Waals surface area contributed by atoms with Crippen LogP contribution in [0, 0.1) is 0 Å². The van der Waals surface area contributed by atoms with Crippen LogP contribution in [0.5, 0.6) is 0 Å². The lowest BCUT2D eigenvalue weighted by Gasteiger charge is -2.13. The lowest BCUT2D eigenvalue weighted by molar-refractivity contribution is -0.111. The van der Waals surface area contributed by atoms with E-state index < -0.39 is 17.9 Å². The maximum absolute atomic E-state index is 12.5. The van der Waals surface area contributed by atoms with Crippen molar-refractivity contribution in [2.45, 2.75) is 19.9 Å². The van der Waals surface area contributed by atoms with E-state index >= 15 is 0 Å². The van der Waals surface area contributed by atoms with E-state index in [-0.39, 0.29) is 18.3 Å². The summed E-state index contributed by atoms with van der Waals surface area (Å²) in [5, 5.41) is 6.61. The number of esters is 1. The minimum absolute atomic E-state index is 0.167. The zero-order valence-corrected chi connectivity index (χ0v) is 19.4. The van der Waals surface area contributed by atoms with Crippen molar-refractivity contribution in [3.8, 4) is 0 Å². The van der Waals surface area contributed by atoms with Crippen LogP contribution in [0.25, 0.3) is 17.0 Å². The molecule has 2 aromatic carbocycles. The number of aromatic nitrogens is 1. The van der Waals surface area contributed by atoms with E-state index in [0.29, 0.717) is 32.2 Å². The standard InChI is InChI=1S/C23H22Cl2N4O4/c1-3-33-22(31)21-16(20-17(25)10-14(24)11-18(20)29-21)8-9-19(30)28-15-6-4-13(5-7-15)12(2)27-23(26)32/h4-12,29H,3H2,1-2H3,(H,28,30)(H3,26,27,32)/b9-8+/t12-/m0/s1. The van der Waals surface area contributed by atoms with Crippen molar-refractivity contribution in [1.82, 2.24) is 10.3 Å². The van der Waals surface area contributed by atoms with Crippen LogP contribution < -0.4 is 16.4 Å². The first-order valence-electron chi connectivity index (χ1n) is 10.0. The molecule has 0 saturated carbocycles. The molecule has 8 nitrogen and oxygen atoms in total. The Morgan fingerprint density at radius 2 is 1.88 bits per heavy atom. The minimum Gasteiger partial charge on any atom is -0.461 e. The topological polar surface area (TPSA) is 126 Å². The molecule has 0 bridgehead atoms. The lowest BCUT2D eigenvalue weighted by Crippen LogP contribution is -2.31. The van der Waals surface area contributed by atoms with Crippen LogP contribution in [0.1, 0.15) is 41.5 Å². The fourth-order valence-electron chi connectivity index (χ4n) is 3.30. The lowest BCUT2D eigenvalue weighted by atomic mass is 10.1. The number of fused-ring (bicyclic) bond motifs is 1. The molecule has 172 valence electrons. The van der Waals surface area contributed by atoms with Crippen LogP contribution in [0.4, 0.5) is 10.5 Å². The van der Waals surface area contributed by atoms with Crippen molar-refractivity contribution in [2.24, 2.45) is 5.73 Å². The number of ether oxygens (including phenoxy) is 1. The van der Waals surface area contributed by atoms with E-state index in [2.05, 4.69) is 15.6 Å². The van der Waals surface area contributed by atoms with E-state index in [1.54, 1.807) is 50.2 Å². The molecule has 0 saturated heterocycles. The number of halogens is 2. The molecular formula is C23H22Cl2N4O4. The van der Waals surface area contributed by atoms with Gasteiger partial charge in [-0.25, -0.2) is 9.59 Å². The summed E-state index contributed by atoms with van der Waals surface area (Å²) in [4.78, 5) is 38.9. The number of rotatable bonds is 7. The molecule has 1 atom stereocenters. The van der Waals surface area contributed by atoms with Crippen molar-refractivity contribution >= 4 is 63.8 Å². The number of carbonyl (C=O) groups excluding carboxylic acids is 3. The Hall–Kier alpha value is -3.49. The quantitative estimate of drug-likeness (QED) is 0.274. The fourth-order valence-corrected chi connectivity index (χ4v) is 3.89. The molecule has 5 N–H and O–H groups in total. The molecule has 1 aromatic heterocycles. The average molecular weight is 489 g/mol. The third-order valence-corrected chi connectivity index (χ3v) is 5.29. The predicted octanol–water partition coefficient (Wildman–Crippen LogP) is 5.03. The van der Waals surface area contributed by atoms with Crippen molar-refractivity contribution in [1.29, 1.82) is 0 Å². The zero-order chi connectivity index (χ0) is 24.1. The van der Waals surface area contributed by atoms with Crippen LogP contribution in [0.2, 0.25) is 10.0 Å². The van der Waals surface area contributed by atoms with Gasteiger partial charge in [-0.3, -0.25) is 4.79 Å². The summed E-state index contributed by atoms with van der Waals surface area (Å²) in [7, 11) is 0. The fraction of sp³-hybridized carbons (Fsp3) is 0.174. The monoisotopic (exact) mass is 488 g/mol. The molecule has 10 heteroatoms. The van der Waals surface area contributed by atoms with E-state index in [4.69, 9.17) is 33.7 Å². The van der Waals surface area contributed by atoms with Crippen molar-refractivity contribution in [3.05, 3.63) is 69.3 Å². The van der Waals surface area contributed by atoms with Crippen molar-refractivity contribution in [3.63, 3.8) is 0 Å². The van der Waals surface area contributed by atoms with Gasteiger partial charge >= 0.3 is 12.0 Å². The average Bonchev–Trinajstić information content (AvgIpc) is 3.11. The Balaban J connectivity index is 1.83. The van der Waals surface area contributed by atoms with Crippen molar-refractivity contribution < 1.29 is 19.1 Å². The molecule has 0 spiro atoms. The molecule has 0 radical (unpaired) electrons. The number of primary amides is 1. The van der Waals surface area contributed by atoms with Gasteiger partial charge < -0.3 is 26.1 Å². The van der Waals surface area contributed by atoms with Gasteiger partial charge in [0, 0.05) is 33.3 Å². The van der Waals surface area contributed by atoms with Crippen molar-refractivity contribution in [2.75, 3.05) is 11.9 Å². The summed E-state index contributed by atoms with van der Waals surface area (Å²) >= 11 is 12.4. The normalized spacial score (nSPS) is 12.0. The van der Waals surface area contributed by atoms with Crippen LogP contribution in [0.15, 0.2) is 42.5 Å². The molecule has 3 rings (SSSR count). The summed E-state index contributed by atoms with van der Waals surface area (Å²) in [6.07, 6.45) is 2.79. The maximum Gasteiger partial charge on any atom is 0.355 e. The van der Waals surface area contributed by atoms with Gasteiger partial charge in [-0.1, -0.05) is 35.3 Å². The number of H-pyrrole nitrogens is 1. The smallest absolute Gasteiger partial charge is 0.355 e. The number of nitrogens with two attached hydrogens (primary N) is 1. The summed E-state index contributed by atoms with van der Waals surface area (Å²) in [6, 6.07) is 9.24. The number of anilines is 1. The number of carbonyl (C=O) groups is 3. The highest BCUT2D eigenvalue weighted by Crippen LogP contribution is 2.33. The van der Waals surface area contributed by atoms with Gasteiger partial charge in [0.25, 0.3) is 0 Å². The second-order valence-electron chi connectivity index (χ2n) is 7.12. The summed E-state index contributed by atoms with van der Waals surface area (Å²) < 4.78 is 5.11. The molecule has 33 heavy (non-hydrogen) atoms. The van der Waals surface area contributed by atoms with E-state index in [1.807, 2.05) is 0 Å². The highest BCUT2D eigenvalue weighted by molar-refractivity contribution is 6.39. The van der Waals surface area contributed by atoms with E-state index in [0.717, 1.165) is 5.56 Å². The van der Waals surface area contributed by atoms with Gasteiger partial charge in [0.1, 0.15) is 5.69 Å². The van der Waals surface area contributed by atoms with E-state index in [1.165, 1.54) is 12.2 Å². The maximum atomic E-state index is 12.5. The molecule has 0 fully saturated rings. The highest BCUT2D eigenvalue weighted by atomic mass is 35.5. The molecular weight excluding hydrogens is 467 g/mol. The molecule has 1 heterocycles. The third kappa shape index (κ3) is 5.85. The Kier molecular flexibility index (Phi) is 7.63. The highest BCUT2D eigenvalue weighted by Gasteiger charge is 2.20. The largest absolute Gasteiger partial charge is 0.461 e.